The first kappa shape index (κ1) is 12.8. The maximum atomic E-state index is 11.5. The van der Waals surface area contributed by atoms with E-state index in [-0.39, 0.29) is 0 Å². The summed E-state index contributed by atoms with van der Waals surface area (Å²) in [6.07, 6.45) is 5.05. The van der Waals surface area contributed by atoms with Crippen molar-refractivity contribution in [3.8, 4) is 0 Å². The molecule has 1 unspecified atom stereocenters. The van der Waals surface area contributed by atoms with Crippen molar-refractivity contribution in [3.63, 3.8) is 0 Å². The fraction of sp³-hybridized carbons (Fsp3) is 0.200. The Morgan fingerprint density at radius 1 is 1.28 bits per heavy atom. The largest absolute Gasteiger partial charge is 0.302 e. The third-order valence-corrected chi connectivity index (χ3v) is 3.37. The van der Waals surface area contributed by atoms with Gasteiger partial charge in [0.1, 0.15) is 6.29 Å². The molecular weight excluding hydrogens is 246 g/mol. The van der Waals surface area contributed by atoms with Crippen LogP contribution in [0.3, 0.4) is 0 Å². The summed E-state index contributed by atoms with van der Waals surface area (Å²) in [4.78, 5) is 15.6. The van der Waals surface area contributed by atoms with E-state index in [2.05, 4.69) is 4.98 Å². The van der Waals surface area contributed by atoms with Crippen molar-refractivity contribution in [1.29, 1.82) is 0 Å². The smallest absolute Gasteiger partial charge is 0.130 e. The number of rotatable bonds is 4. The van der Waals surface area contributed by atoms with Crippen LogP contribution < -0.4 is 0 Å². The highest BCUT2D eigenvalue weighted by Crippen LogP contribution is 2.31. The maximum absolute atomic E-state index is 11.5. The molecule has 18 heavy (non-hydrogen) atoms. The average Bonchev–Trinajstić information content (AvgIpc) is 2.40. The Morgan fingerprint density at radius 3 is 2.67 bits per heavy atom. The van der Waals surface area contributed by atoms with Crippen LogP contribution in [-0.4, -0.2) is 11.3 Å². The summed E-state index contributed by atoms with van der Waals surface area (Å²) in [5, 5.41) is 0.621. The van der Waals surface area contributed by atoms with E-state index in [1.807, 2.05) is 43.3 Å². The number of carbonyl (C=O) groups is 1. The molecule has 92 valence electrons. The van der Waals surface area contributed by atoms with Crippen LogP contribution in [0.4, 0.5) is 0 Å². The SMILES string of the molecule is CC(C=O)(Cc1cccnc1)c1ccccc1Cl. The summed E-state index contributed by atoms with van der Waals surface area (Å²) >= 11 is 6.18. The van der Waals surface area contributed by atoms with Crippen LogP contribution in [-0.2, 0) is 16.6 Å². The number of halogens is 1. The highest BCUT2D eigenvalue weighted by atomic mass is 35.5. The molecule has 0 fully saturated rings. The van der Waals surface area contributed by atoms with Gasteiger partial charge in [-0.1, -0.05) is 35.9 Å². The first-order valence-electron chi connectivity index (χ1n) is 5.76. The van der Waals surface area contributed by atoms with Crippen LogP contribution in [0.1, 0.15) is 18.1 Å². The Balaban J connectivity index is 2.37. The van der Waals surface area contributed by atoms with Gasteiger partial charge in [-0.15, -0.1) is 0 Å². The molecule has 2 aromatic rings. The Kier molecular flexibility index (Phi) is 3.78. The van der Waals surface area contributed by atoms with E-state index in [9.17, 15) is 4.79 Å². The Morgan fingerprint density at radius 2 is 2.06 bits per heavy atom. The molecule has 2 nitrogen and oxygen atoms in total. The molecule has 0 saturated heterocycles. The third kappa shape index (κ3) is 2.59. The molecule has 1 aromatic carbocycles. The summed E-state index contributed by atoms with van der Waals surface area (Å²) in [6, 6.07) is 11.3. The molecule has 0 bridgehead atoms. The van der Waals surface area contributed by atoms with Crippen molar-refractivity contribution >= 4 is 17.9 Å². The van der Waals surface area contributed by atoms with Gasteiger partial charge in [-0.2, -0.15) is 0 Å². The Bertz CT molecular complexity index is 541. The van der Waals surface area contributed by atoms with Gasteiger partial charge in [0.25, 0.3) is 0 Å². The summed E-state index contributed by atoms with van der Waals surface area (Å²) < 4.78 is 0. The van der Waals surface area contributed by atoms with Crippen molar-refractivity contribution < 1.29 is 4.79 Å². The van der Waals surface area contributed by atoms with Crippen LogP contribution in [0.5, 0.6) is 0 Å². The second-order valence-electron chi connectivity index (χ2n) is 4.55. The second-order valence-corrected chi connectivity index (χ2v) is 4.96. The number of hydrogen-bond acceptors (Lipinski definition) is 2. The number of benzene rings is 1. The molecule has 1 atom stereocenters. The lowest BCUT2D eigenvalue weighted by Crippen LogP contribution is -2.27. The van der Waals surface area contributed by atoms with Crippen molar-refractivity contribution in [3.05, 3.63) is 64.9 Å². The van der Waals surface area contributed by atoms with Gasteiger partial charge < -0.3 is 4.79 Å². The highest BCUT2D eigenvalue weighted by Gasteiger charge is 2.28. The van der Waals surface area contributed by atoms with Gasteiger partial charge in [0, 0.05) is 17.4 Å². The first-order valence-corrected chi connectivity index (χ1v) is 6.14. The molecule has 1 heterocycles. The maximum Gasteiger partial charge on any atom is 0.130 e. The molecule has 0 aliphatic heterocycles. The molecule has 2 rings (SSSR count). The number of carbonyl (C=O) groups excluding carboxylic acids is 1. The molecule has 0 amide bonds. The van der Waals surface area contributed by atoms with E-state index in [1.54, 1.807) is 12.4 Å². The van der Waals surface area contributed by atoms with Gasteiger partial charge in [0.05, 0.1) is 5.41 Å². The summed E-state index contributed by atoms with van der Waals surface area (Å²) in [5.41, 5.74) is 1.25. The van der Waals surface area contributed by atoms with E-state index >= 15 is 0 Å². The van der Waals surface area contributed by atoms with Gasteiger partial charge in [0.15, 0.2) is 0 Å². The Hall–Kier alpha value is -1.67. The second kappa shape index (κ2) is 5.32. The zero-order chi connectivity index (χ0) is 13.0. The van der Waals surface area contributed by atoms with Gasteiger partial charge in [-0.25, -0.2) is 0 Å². The van der Waals surface area contributed by atoms with Gasteiger partial charge in [-0.05, 0) is 36.6 Å². The average molecular weight is 260 g/mol. The van der Waals surface area contributed by atoms with E-state index in [0.29, 0.717) is 11.4 Å². The van der Waals surface area contributed by atoms with Crippen molar-refractivity contribution in [2.45, 2.75) is 18.8 Å². The monoisotopic (exact) mass is 259 g/mol. The fourth-order valence-corrected chi connectivity index (χ4v) is 2.40. The molecule has 0 N–H and O–H groups in total. The first-order chi connectivity index (χ1) is 8.65. The zero-order valence-corrected chi connectivity index (χ0v) is 10.9. The molecule has 3 heteroatoms. The summed E-state index contributed by atoms with van der Waals surface area (Å²) in [6.45, 7) is 1.90. The Labute approximate surface area is 112 Å². The van der Waals surface area contributed by atoms with Crippen LogP contribution in [0.15, 0.2) is 48.8 Å². The summed E-state index contributed by atoms with van der Waals surface area (Å²) in [7, 11) is 0. The number of aromatic nitrogens is 1. The van der Waals surface area contributed by atoms with Crippen LogP contribution in [0, 0.1) is 0 Å². The molecular formula is C15H14ClNO. The number of hydrogen-bond donors (Lipinski definition) is 0. The lowest BCUT2D eigenvalue weighted by Gasteiger charge is -2.24. The van der Waals surface area contributed by atoms with Gasteiger partial charge >= 0.3 is 0 Å². The number of aldehydes is 1. The minimum Gasteiger partial charge on any atom is -0.302 e. The van der Waals surface area contributed by atoms with E-state index < -0.39 is 5.41 Å². The molecule has 0 spiro atoms. The van der Waals surface area contributed by atoms with Crippen LogP contribution in [0.2, 0.25) is 5.02 Å². The minimum absolute atomic E-state index is 0.591. The molecule has 1 aromatic heterocycles. The lowest BCUT2D eigenvalue weighted by atomic mass is 9.79. The topological polar surface area (TPSA) is 30.0 Å². The number of nitrogens with zero attached hydrogens (tertiary/aromatic N) is 1. The van der Waals surface area contributed by atoms with Crippen LogP contribution in [0.25, 0.3) is 0 Å². The van der Waals surface area contributed by atoms with E-state index in [4.69, 9.17) is 11.6 Å². The highest BCUT2D eigenvalue weighted by molar-refractivity contribution is 6.31. The van der Waals surface area contributed by atoms with E-state index in [0.717, 1.165) is 17.4 Å². The fourth-order valence-electron chi connectivity index (χ4n) is 2.05. The van der Waals surface area contributed by atoms with E-state index in [1.165, 1.54) is 0 Å². The normalized spacial score (nSPS) is 13.9. The zero-order valence-electron chi connectivity index (χ0n) is 10.1. The van der Waals surface area contributed by atoms with Crippen molar-refractivity contribution in [1.82, 2.24) is 4.98 Å². The molecule has 0 aliphatic rings. The lowest BCUT2D eigenvalue weighted by molar-refractivity contribution is -0.112. The van der Waals surface area contributed by atoms with Gasteiger partial charge in [0.2, 0.25) is 0 Å². The quantitative estimate of drug-likeness (QED) is 0.788. The predicted octanol–water partition coefficient (Wildman–Crippen LogP) is 3.43. The number of pyridine rings is 1. The molecule has 0 saturated carbocycles. The van der Waals surface area contributed by atoms with Crippen LogP contribution >= 0.6 is 11.6 Å². The third-order valence-electron chi connectivity index (χ3n) is 3.04. The summed E-state index contributed by atoms with van der Waals surface area (Å²) in [5.74, 6) is 0. The van der Waals surface area contributed by atoms with Gasteiger partial charge in [-0.3, -0.25) is 4.98 Å². The minimum atomic E-state index is -0.624. The predicted molar refractivity (Wildman–Crippen MR) is 72.8 cm³/mol. The molecule has 0 radical (unpaired) electrons. The van der Waals surface area contributed by atoms with Crippen molar-refractivity contribution in [2.24, 2.45) is 0 Å². The van der Waals surface area contributed by atoms with Crippen molar-refractivity contribution in [2.75, 3.05) is 0 Å². The molecule has 0 aliphatic carbocycles. The standard InChI is InChI=1S/C15H14ClNO/c1-15(11-18,9-12-5-4-8-17-10-12)13-6-2-3-7-14(13)16/h2-8,10-11H,9H2,1H3.